The minimum atomic E-state index is -4.30. The van der Waals surface area contributed by atoms with Gasteiger partial charge in [-0.2, -0.15) is 8.42 Å². The lowest BCUT2D eigenvalue weighted by Gasteiger charge is -2.10. The van der Waals surface area contributed by atoms with E-state index in [1.807, 2.05) is 32.0 Å². The maximum absolute atomic E-state index is 12.9. The molecule has 0 amide bonds. The molecular formula is C21H17NO6S2. The van der Waals surface area contributed by atoms with Crippen LogP contribution in [0, 0.1) is 13.8 Å². The summed E-state index contributed by atoms with van der Waals surface area (Å²) in [5, 5.41) is 1.49. The summed E-state index contributed by atoms with van der Waals surface area (Å²) in [5.74, 6) is -0.459. The third kappa shape index (κ3) is 3.69. The molecule has 0 aliphatic heterocycles. The van der Waals surface area contributed by atoms with Crippen molar-refractivity contribution in [3.05, 3.63) is 63.8 Å². The van der Waals surface area contributed by atoms with Gasteiger partial charge in [-0.25, -0.2) is 9.78 Å². The van der Waals surface area contributed by atoms with Crippen LogP contribution in [0.5, 0.6) is 5.75 Å². The SMILES string of the molecule is COC(=O)c1sccc1S(=O)(=O)Oc1ccc(C)cc1-c1nc2cc(C)ccc2o1. The van der Waals surface area contributed by atoms with E-state index >= 15 is 0 Å². The zero-order valence-electron chi connectivity index (χ0n) is 16.3. The number of benzene rings is 2. The number of aryl methyl sites for hydroxylation is 2. The third-order valence-electron chi connectivity index (χ3n) is 4.38. The van der Waals surface area contributed by atoms with Crippen molar-refractivity contribution in [3.8, 4) is 17.2 Å². The fourth-order valence-electron chi connectivity index (χ4n) is 2.94. The number of methoxy groups -OCH3 is 1. The molecule has 2 heterocycles. The molecule has 0 bridgehead atoms. The number of oxazole rings is 1. The maximum atomic E-state index is 12.9. The van der Waals surface area contributed by atoms with E-state index in [0.717, 1.165) is 22.5 Å². The van der Waals surface area contributed by atoms with E-state index in [4.69, 9.17) is 8.60 Å². The van der Waals surface area contributed by atoms with Crippen molar-refractivity contribution < 1.29 is 26.5 Å². The number of hydrogen-bond donors (Lipinski definition) is 0. The molecule has 0 aliphatic carbocycles. The Balaban J connectivity index is 1.79. The number of carbonyl (C=O) groups excluding carboxylic acids is 1. The second-order valence-electron chi connectivity index (χ2n) is 6.63. The predicted octanol–water partition coefficient (Wildman–Crippen LogP) is 4.73. The highest BCUT2D eigenvalue weighted by Gasteiger charge is 2.28. The van der Waals surface area contributed by atoms with Gasteiger partial charge in [0.15, 0.2) is 11.3 Å². The molecule has 0 atom stereocenters. The van der Waals surface area contributed by atoms with Gasteiger partial charge < -0.3 is 13.3 Å². The standard InChI is InChI=1S/C21H17NO6S2/c1-12-4-6-16(28-30(24,25)18-8-9-29-19(18)21(23)26-3)14(10-12)20-22-15-11-13(2)5-7-17(15)27-20/h4-11H,1-3H3. The van der Waals surface area contributed by atoms with Crippen LogP contribution in [-0.2, 0) is 14.9 Å². The average molecular weight is 444 g/mol. The molecule has 9 heteroatoms. The smallest absolute Gasteiger partial charge is 0.349 e. The molecule has 30 heavy (non-hydrogen) atoms. The van der Waals surface area contributed by atoms with Crippen molar-refractivity contribution in [1.29, 1.82) is 0 Å². The van der Waals surface area contributed by atoms with Gasteiger partial charge in [0.25, 0.3) is 0 Å². The Labute approximate surface area is 177 Å². The molecule has 2 aromatic carbocycles. The molecule has 4 rings (SSSR count). The van der Waals surface area contributed by atoms with Crippen molar-refractivity contribution in [2.75, 3.05) is 7.11 Å². The highest BCUT2D eigenvalue weighted by molar-refractivity contribution is 7.87. The Morgan fingerprint density at radius 2 is 1.80 bits per heavy atom. The van der Waals surface area contributed by atoms with Crippen LogP contribution in [0.2, 0.25) is 0 Å². The largest absolute Gasteiger partial charge is 0.465 e. The van der Waals surface area contributed by atoms with E-state index in [1.165, 1.54) is 24.6 Å². The van der Waals surface area contributed by atoms with Crippen molar-refractivity contribution >= 4 is 38.5 Å². The van der Waals surface area contributed by atoms with E-state index in [-0.39, 0.29) is 21.4 Å². The summed E-state index contributed by atoms with van der Waals surface area (Å²) in [6.45, 7) is 3.81. The van der Waals surface area contributed by atoms with Crippen molar-refractivity contribution in [2.45, 2.75) is 18.7 Å². The van der Waals surface area contributed by atoms with Crippen LogP contribution in [0.1, 0.15) is 20.8 Å². The molecule has 7 nitrogen and oxygen atoms in total. The van der Waals surface area contributed by atoms with Gasteiger partial charge in [-0.1, -0.05) is 17.7 Å². The van der Waals surface area contributed by atoms with Gasteiger partial charge in [0.2, 0.25) is 5.89 Å². The molecule has 0 fully saturated rings. The number of aromatic nitrogens is 1. The Bertz CT molecular complexity index is 1370. The number of carbonyl (C=O) groups is 1. The fourth-order valence-corrected chi connectivity index (χ4v) is 5.19. The first-order valence-electron chi connectivity index (χ1n) is 8.87. The Morgan fingerprint density at radius 1 is 1.07 bits per heavy atom. The topological polar surface area (TPSA) is 95.7 Å². The molecule has 0 aliphatic rings. The van der Waals surface area contributed by atoms with Gasteiger partial charge in [-0.05, 0) is 55.1 Å². The molecule has 4 aromatic rings. The summed E-state index contributed by atoms with van der Waals surface area (Å²) in [6, 6.07) is 11.9. The Morgan fingerprint density at radius 3 is 2.57 bits per heavy atom. The second kappa shape index (κ2) is 7.58. The molecule has 0 N–H and O–H groups in total. The second-order valence-corrected chi connectivity index (χ2v) is 9.06. The quantitative estimate of drug-likeness (QED) is 0.325. The zero-order chi connectivity index (χ0) is 21.5. The van der Waals surface area contributed by atoms with Crippen LogP contribution in [0.4, 0.5) is 0 Å². The van der Waals surface area contributed by atoms with E-state index in [0.29, 0.717) is 16.7 Å². The Hall–Kier alpha value is -3.17. The number of fused-ring (bicyclic) bond motifs is 1. The van der Waals surface area contributed by atoms with Gasteiger partial charge in [0, 0.05) is 0 Å². The molecule has 2 aromatic heterocycles. The highest BCUT2D eigenvalue weighted by Crippen LogP contribution is 2.35. The number of ether oxygens (including phenoxy) is 1. The summed E-state index contributed by atoms with van der Waals surface area (Å²) < 4.78 is 41.7. The molecule has 154 valence electrons. The van der Waals surface area contributed by atoms with Crippen LogP contribution in [0.15, 0.2) is 57.2 Å². The highest BCUT2D eigenvalue weighted by atomic mass is 32.2. The fraction of sp³-hybridized carbons (Fsp3) is 0.143. The maximum Gasteiger partial charge on any atom is 0.349 e. The first-order chi connectivity index (χ1) is 14.3. The lowest BCUT2D eigenvalue weighted by atomic mass is 10.1. The van der Waals surface area contributed by atoms with Crippen LogP contribution in [0.3, 0.4) is 0 Å². The summed E-state index contributed by atoms with van der Waals surface area (Å²) in [4.78, 5) is 16.1. The lowest BCUT2D eigenvalue weighted by Crippen LogP contribution is -2.13. The van der Waals surface area contributed by atoms with Gasteiger partial charge in [0.1, 0.15) is 15.3 Å². The van der Waals surface area contributed by atoms with E-state index in [1.54, 1.807) is 12.1 Å². The monoisotopic (exact) mass is 443 g/mol. The number of thiophene rings is 1. The summed E-state index contributed by atoms with van der Waals surface area (Å²) in [6.07, 6.45) is 0. The molecule has 0 saturated heterocycles. The van der Waals surface area contributed by atoms with E-state index in [9.17, 15) is 13.2 Å². The van der Waals surface area contributed by atoms with Crippen LogP contribution in [-0.4, -0.2) is 26.5 Å². The molecule has 0 radical (unpaired) electrons. The summed E-state index contributed by atoms with van der Waals surface area (Å²) in [5.41, 5.74) is 3.53. The number of esters is 1. The van der Waals surface area contributed by atoms with Gasteiger partial charge in [-0.3, -0.25) is 0 Å². The summed E-state index contributed by atoms with van der Waals surface area (Å²) in [7, 11) is -3.11. The minimum absolute atomic E-state index is 0.0471. The van der Waals surface area contributed by atoms with Crippen molar-refractivity contribution in [2.24, 2.45) is 0 Å². The predicted molar refractivity (Wildman–Crippen MR) is 112 cm³/mol. The van der Waals surface area contributed by atoms with E-state index in [2.05, 4.69) is 9.72 Å². The summed E-state index contributed by atoms with van der Waals surface area (Å²) >= 11 is 0.962. The van der Waals surface area contributed by atoms with Crippen LogP contribution in [0.25, 0.3) is 22.6 Å². The number of nitrogens with zero attached hydrogens (tertiary/aromatic N) is 1. The molecular weight excluding hydrogens is 426 g/mol. The van der Waals surface area contributed by atoms with Crippen molar-refractivity contribution in [1.82, 2.24) is 4.98 Å². The van der Waals surface area contributed by atoms with Gasteiger partial charge >= 0.3 is 16.1 Å². The molecule has 0 saturated carbocycles. The molecule has 0 spiro atoms. The van der Waals surface area contributed by atoms with Crippen molar-refractivity contribution in [3.63, 3.8) is 0 Å². The van der Waals surface area contributed by atoms with Crippen LogP contribution >= 0.6 is 11.3 Å². The average Bonchev–Trinajstić information content (AvgIpc) is 3.35. The number of rotatable bonds is 5. The Kier molecular flexibility index (Phi) is 5.08. The van der Waals surface area contributed by atoms with E-state index < -0.39 is 16.1 Å². The molecule has 0 unspecified atom stereocenters. The third-order valence-corrected chi connectivity index (χ3v) is 6.68. The van der Waals surface area contributed by atoms with Gasteiger partial charge in [0.05, 0.1) is 12.7 Å². The van der Waals surface area contributed by atoms with Gasteiger partial charge in [-0.15, -0.1) is 11.3 Å². The zero-order valence-corrected chi connectivity index (χ0v) is 18.0. The first-order valence-corrected chi connectivity index (χ1v) is 11.2. The first kappa shape index (κ1) is 20.1. The normalized spacial score (nSPS) is 11.6. The number of hydrogen-bond acceptors (Lipinski definition) is 8. The van der Waals surface area contributed by atoms with Crippen LogP contribution < -0.4 is 4.18 Å². The minimum Gasteiger partial charge on any atom is -0.465 e. The lowest BCUT2D eigenvalue weighted by molar-refractivity contribution is 0.0602.